The van der Waals surface area contributed by atoms with Gasteiger partial charge in [0.1, 0.15) is 5.75 Å². The van der Waals surface area contributed by atoms with E-state index in [1.807, 2.05) is 0 Å². The van der Waals surface area contributed by atoms with Gasteiger partial charge in [0.25, 0.3) is 0 Å². The van der Waals surface area contributed by atoms with Gasteiger partial charge >= 0.3 is 0 Å². The average molecular weight is 200 g/mol. The van der Waals surface area contributed by atoms with Crippen molar-refractivity contribution in [3.8, 4) is 5.75 Å². The average Bonchev–Trinajstić information content (AvgIpc) is 2.04. The zero-order valence-corrected chi connectivity index (χ0v) is 7.93. The van der Waals surface area contributed by atoms with Crippen molar-refractivity contribution in [2.45, 2.75) is 0 Å². The van der Waals surface area contributed by atoms with Crippen LogP contribution >= 0.6 is 11.6 Å². The lowest BCUT2D eigenvalue weighted by Crippen LogP contribution is -2.18. The quantitative estimate of drug-likeness (QED) is 0.725. The Morgan fingerprint density at radius 1 is 1.62 bits per heavy atom. The Kier molecular flexibility index (Phi) is 3.28. The summed E-state index contributed by atoms with van der Waals surface area (Å²) in [7, 11) is 1.69. The summed E-state index contributed by atoms with van der Waals surface area (Å²) in [6, 6.07) is 4.30. The number of ketones is 1. The molecule has 0 aliphatic heterocycles. The van der Waals surface area contributed by atoms with E-state index in [1.54, 1.807) is 7.05 Å². The van der Waals surface area contributed by atoms with Crippen LogP contribution < -0.4 is 5.32 Å². The molecule has 0 aromatic heterocycles. The maximum Gasteiger partial charge on any atom is 0.178 e. The Bertz CT molecular complexity index is 325. The molecule has 0 saturated carbocycles. The molecule has 0 aliphatic rings. The molecule has 0 amide bonds. The standard InChI is InChI=1S/C9H10ClNO2/c1-11-5-9(13)7-3-2-6(12)4-8(7)10/h2-4,11-12H,5H2,1H3. The molecule has 0 aliphatic carbocycles. The highest BCUT2D eigenvalue weighted by Crippen LogP contribution is 2.21. The fraction of sp³-hybridized carbons (Fsp3) is 0.222. The highest BCUT2D eigenvalue weighted by molar-refractivity contribution is 6.34. The number of aromatic hydroxyl groups is 1. The third-order valence-electron chi connectivity index (χ3n) is 1.59. The first kappa shape index (κ1) is 10.0. The van der Waals surface area contributed by atoms with Gasteiger partial charge in [0.15, 0.2) is 5.78 Å². The number of hydrogen-bond donors (Lipinski definition) is 2. The summed E-state index contributed by atoms with van der Waals surface area (Å²) in [6.45, 7) is 0.241. The lowest BCUT2D eigenvalue weighted by molar-refractivity contribution is 0.0994. The maximum atomic E-state index is 11.3. The van der Waals surface area contributed by atoms with Crippen LogP contribution in [0.1, 0.15) is 10.4 Å². The lowest BCUT2D eigenvalue weighted by Gasteiger charge is -2.02. The van der Waals surface area contributed by atoms with Crippen LogP contribution in [0.4, 0.5) is 0 Å². The van der Waals surface area contributed by atoms with E-state index in [0.29, 0.717) is 5.56 Å². The van der Waals surface area contributed by atoms with Crippen LogP contribution in [0.2, 0.25) is 5.02 Å². The summed E-state index contributed by atoms with van der Waals surface area (Å²) in [4.78, 5) is 11.3. The number of halogens is 1. The first-order chi connectivity index (χ1) is 6.15. The predicted molar refractivity (Wildman–Crippen MR) is 51.4 cm³/mol. The second kappa shape index (κ2) is 4.25. The van der Waals surface area contributed by atoms with Crippen molar-refractivity contribution in [3.63, 3.8) is 0 Å². The largest absolute Gasteiger partial charge is 0.508 e. The molecule has 1 aromatic carbocycles. The second-order valence-corrected chi connectivity index (χ2v) is 3.02. The topological polar surface area (TPSA) is 49.3 Å². The van der Waals surface area contributed by atoms with Crippen LogP contribution in [0.5, 0.6) is 5.75 Å². The van der Waals surface area contributed by atoms with Crippen molar-refractivity contribution in [1.29, 1.82) is 0 Å². The molecule has 1 rings (SSSR count). The van der Waals surface area contributed by atoms with Crippen LogP contribution in [0.25, 0.3) is 0 Å². The van der Waals surface area contributed by atoms with Gasteiger partial charge in [-0.05, 0) is 25.2 Å². The number of rotatable bonds is 3. The molecule has 4 heteroatoms. The number of nitrogens with one attached hydrogen (secondary N) is 1. The smallest absolute Gasteiger partial charge is 0.178 e. The van der Waals surface area contributed by atoms with Gasteiger partial charge in [-0.25, -0.2) is 0 Å². The molecular formula is C9H10ClNO2. The molecule has 0 radical (unpaired) electrons. The molecular weight excluding hydrogens is 190 g/mol. The van der Waals surface area contributed by atoms with Crippen molar-refractivity contribution < 1.29 is 9.90 Å². The molecule has 2 N–H and O–H groups in total. The molecule has 0 fully saturated rings. The van der Waals surface area contributed by atoms with Crippen molar-refractivity contribution in [3.05, 3.63) is 28.8 Å². The number of phenolic OH excluding ortho intramolecular Hbond substituents is 1. The van der Waals surface area contributed by atoms with E-state index < -0.39 is 0 Å². The van der Waals surface area contributed by atoms with E-state index in [0.717, 1.165) is 0 Å². The molecule has 3 nitrogen and oxygen atoms in total. The number of benzene rings is 1. The molecule has 0 heterocycles. The summed E-state index contributed by atoms with van der Waals surface area (Å²) in [5.41, 5.74) is 0.425. The molecule has 0 saturated heterocycles. The van der Waals surface area contributed by atoms with Gasteiger partial charge in [0.2, 0.25) is 0 Å². The van der Waals surface area contributed by atoms with Gasteiger partial charge in [0, 0.05) is 5.56 Å². The molecule has 0 atom stereocenters. The van der Waals surface area contributed by atoms with E-state index in [-0.39, 0.29) is 23.1 Å². The number of carbonyl (C=O) groups excluding carboxylic acids is 1. The number of hydrogen-bond acceptors (Lipinski definition) is 3. The van der Waals surface area contributed by atoms with E-state index in [4.69, 9.17) is 16.7 Å². The Hall–Kier alpha value is -1.06. The van der Waals surface area contributed by atoms with Crippen LogP contribution in [0.15, 0.2) is 18.2 Å². The van der Waals surface area contributed by atoms with E-state index in [1.165, 1.54) is 18.2 Å². The predicted octanol–water partition coefficient (Wildman–Crippen LogP) is 1.45. The fourth-order valence-electron chi connectivity index (χ4n) is 0.986. The number of phenols is 1. The van der Waals surface area contributed by atoms with Crippen LogP contribution in [-0.2, 0) is 0 Å². The maximum absolute atomic E-state index is 11.3. The minimum Gasteiger partial charge on any atom is -0.508 e. The highest BCUT2D eigenvalue weighted by Gasteiger charge is 2.09. The Labute approximate surface area is 81.3 Å². The van der Waals surface area contributed by atoms with Gasteiger partial charge in [-0.2, -0.15) is 0 Å². The molecule has 70 valence electrons. The van der Waals surface area contributed by atoms with Gasteiger partial charge in [-0.3, -0.25) is 4.79 Å². The normalized spacial score (nSPS) is 10.0. The number of carbonyl (C=O) groups is 1. The summed E-state index contributed by atoms with van der Waals surface area (Å²) in [5, 5.41) is 12.1. The molecule has 1 aromatic rings. The van der Waals surface area contributed by atoms with Crippen molar-refractivity contribution >= 4 is 17.4 Å². The van der Waals surface area contributed by atoms with Gasteiger partial charge < -0.3 is 10.4 Å². The second-order valence-electron chi connectivity index (χ2n) is 2.62. The number of likely N-dealkylation sites (N-methyl/N-ethyl adjacent to an activating group) is 1. The Morgan fingerprint density at radius 3 is 2.85 bits per heavy atom. The zero-order valence-electron chi connectivity index (χ0n) is 7.17. The fourth-order valence-corrected chi connectivity index (χ4v) is 1.27. The molecule has 0 unspecified atom stereocenters. The first-order valence-corrected chi connectivity index (χ1v) is 4.19. The van der Waals surface area contributed by atoms with Gasteiger partial charge in [-0.1, -0.05) is 11.6 Å². The summed E-state index contributed by atoms with van der Waals surface area (Å²) >= 11 is 5.75. The van der Waals surface area contributed by atoms with Crippen molar-refractivity contribution in [2.75, 3.05) is 13.6 Å². The summed E-state index contributed by atoms with van der Waals surface area (Å²) < 4.78 is 0. The number of Topliss-reactive ketones (excluding diaryl/α,β-unsaturated/α-hetero) is 1. The third kappa shape index (κ3) is 2.44. The van der Waals surface area contributed by atoms with Crippen molar-refractivity contribution in [1.82, 2.24) is 5.32 Å². The third-order valence-corrected chi connectivity index (χ3v) is 1.90. The van der Waals surface area contributed by atoms with Crippen LogP contribution in [0.3, 0.4) is 0 Å². The summed E-state index contributed by atoms with van der Waals surface area (Å²) in [5.74, 6) is -0.0292. The minimum absolute atomic E-state index is 0.0611. The van der Waals surface area contributed by atoms with Crippen LogP contribution in [0, 0.1) is 0 Å². The van der Waals surface area contributed by atoms with Crippen molar-refractivity contribution in [2.24, 2.45) is 0 Å². The van der Waals surface area contributed by atoms with Crippen LogP contribution in [-0.4, -0.2) is 24.5 Å². The molecule has 0 spiro atoms. The molecule has 13 heavy (non-hydrogen) atoms. The highest BCUT2D eigenvalue weighted by atomic mass is 35.5. The lowest BCUT2D eigenvalue weighted by atomic mass is 10.1. The van der Waals surface area contributed by atoms with E-state index >= 15 is 0 Å². The minimum atomic E-state index is -0.0903. The van der Waals surface area contributed by atoms with E-state index in [2.05, 4.69) is 5.32 Å². The first-order valence-electron chi connectivity index (χ1n) is 3.81. The summed E-state index contributed by atoms with van der Waals surface area (Å²) in [6.07, 6.45) is 0. The Morgan fingerprint density at radius 2 is 2.31 bits per heavy atom. The van der Waals surface area contributed by atoms with E-state index in [9.17, 15) is 4.79 Å². The molecule has 0 bridgehead atoms. The SMILES string of the molecule is CNCC(=O)c1ccc(O)cc1Cl. The Balaban J connectivity index is 2.95. The monoisotopic (exact) mass is 199 g/mol. The van der Waals surface area contributed by atoms with Gasteiger partial charge in [0.05, 0.1) is 11.6 Å². The zero-order chi connectivity index (χ0) is 9.84. The van der Waals surface area contributed by atoms with Gasteiger partial charge in [-0.15, -0.1) is 0 Å².